The molecule has 0 bridgehead atoms. The summed E-state index contributed by atoms with van der Waals surface area (Å²) in [5, 5.41) is 35.5. The fourth-order valence-electron chi connectivity index (χ4n) is 5.30. The number of nitrogens with one attached hydrogen (secondary N) is 3. The molecule has 1 aromatic heterocycles. The SMILES string of the molecule is CCCCC[C@@H](C(=O)NCNC(=O)c1ccc(-c2ccc(C(=O)N[C@@H](CC(=O)O)C(=O)O)c(OCC(=O)O)c2)o1)[C@@H](CC)N(C=O)OC(=O)C1(C)CC1. The Morgan fingerprint density at radius 2 is 1.68 bits per heavy atom. The highest BCUT2D eigenvalue weighted by molar-refractivity contribution is 6.00. The summed E-state index contributed by atoms with van der Waals surface area (Å²) in [5.74, 6) is -8.37. The van der Waals surface area contributed by atoms with E-state index in [2.05, 4.69) is 16.0 Å². The van der Waals surface area contributed by atoms with E-state index < -0.39 is 78.0 Å². The zero-order valence-corrected chi connectivity index (χ0v) is 29.5. The maximum atomic E-state index is 13.4. The van der Waals surface area contributed by atoms with Gasteiger partial charge in [0.15, 0.2) is 12.4 Å². The highest BCUT2D eigenvalue weighted by atomic mass is 16.7. The molecule has 1 heterocycles. The molecule has 6 N–H and O–H groups in total. The minimum Gasteiger partial charge on any atom is -0.481 e. The van der Waals surface area contributed by atoms with Crippen molar-refractivity contribution in [3.8, 4) is 17.1 Å². The Bertz CT molecular complexity index is 1680. The van der Waals surface area contributed by atoms with Crippen molar-refractivity contribution in [1.29, 1.82) is 0 Å². The molecule has 0 saturated heterocycles. The topological polar surface area (TPSA) is 268 Å². The molecule has 288 valence electrons. The molecule has 0 radical (unpaired) electrons. The Morgan fingerprint density at radius 3 is 2.26 bits per heavy atom. The molecule has 1 aliphatic carbocycles. The maximum Gasteiger partial charge on any atom is 0.341 e. The van der Waals surface area contributed by atoms with Crippen LogP contribution < -0.4 is 20.7 Å². The number of amides is 4. The molecule has 53 heavy (non-hydrogen) atoms. The minimum atomic E-state index is -1.78. The summed E-state index contributed by atoms with van der Waals surface area (Å²) < 4.78 is 10.9. The smallest absolute Gasteiger partial charge is 0.341 e. The van der Waals surface area contributed by atoms with E-state index in [1.165, 1.54) is 30.3 Å². The molecule has 3 rings (SSSR count). The third-order valence-electron chi connectivity index (χ3n) is 8.64. The van der Waals surface area contributed by atoms with E-state index in [4.69, 9.17) is 24.2 Å². The number of carboxylic acids is 3. The molecule has 4 amide bonds. The Kier molecular flexibility index (Phi) is 14.9. The van der Waals surface area contributed by atoms with Gasteiger partial charge in [0, 0.05) is 5.56 Å². The molecule has 0 aliphatic heterocycles. The van der Waals surface area contributed by atoms with Crippen molar-refractivity contribution in [2.45, 2.75) is 84.2 Å². The first-order chi connectivity index (χ1) is 25.1. The number of furan rings is 1. The predicted molar refractivity (Wildman–Crippen MR) is 182 cm³/mol. The molecule has 2 aromatic rings. The van der Waals surface area contributed by atoms with Gasteiger partial charge < -0.3 is 45.3 Å². The number of hydroxylamine groups is 2. The lowest BCUT2D eigenvalue weighted by atomic mass is 9.90. The van der Waals surface area contributed by atoms with Crippen molar-refractivity contribution in [2.24, 2.45) is 11.3 Å². The summed E-state index contributed by atoms with van der Waals surface area (Å²) >= 11 is 0. The number of carbonyl (C=O) groups excluding carboxylic acids is 5. The van der Waals surface area contributed by atoms with Gasteiger partial charge in [-0.2, -0.15) is 5.06 Å². The Morgan fingerprint density at radius 1 is 0.962 bits per heavy atom. The molecule has 0 spiro atoms. The summed E-state index contributed by atoms with van der Waals surface area (Å²) in [6.07, 6.45) is 3.88. The van der Waals surface area contributed by atoms with E-state index in [0.29, 0.717) is 38.5 Å². The van der Waals surface area contributed by atoms with Crippen LogP contribution in [0.4, 0.5) is 0 Å². The third kappa shape index (κ3) is 11.8. The average Bonchev–Trinajstić information content (AvgIpc) is 3.67. The molecule has 1 saturated carbocycles. The van der Waals surface area contributed by atoms with E-state index in [0.717, 1.165) is 17.9 Å². The fraction of sp³-hybridized carbons (Fsp3) is 0.486. The van der Waals surface area contributed by atoms with E-state index in [-0.39, 0.29) is 35.1 Å². The second kappa shape index (κ2) is 19.1. The van der Waals surface area contributed by atoms with Gasteiger partial charge in [-0.15, -0.1) is 0 Å². The van der Waals surface area contributed by atoms with E-state index in [1.54, 1.807) is 13.8 Å². The second-order valence-electron chi connectivity index (χ2n) is 12.7. The van der Waals surface area contributed by atoms with Gasteiger partial charge in [0.25, 0.3) is 11.8 Å². The van der Waals surface area contributed by atoms with E-state index >= 15 is 0 Å². The first kappa shape index (κ1) is 41.5. The van der Waals surface area contributed by atoms with Gasteiger partial charge in [0.05, 0.1) is 36.0 Å². The van der Waals surface area contributed by atoms with Crippen LogP contribution in [0, 0.1) is 11.3 Å². The number of hydrogen-bond donors (Lipinski definition) is 6. The minimum absolute atomic E-state index is 0.0888. The van der Waals surface area contributed by atoms with Crippen molar-refractivity contribution >= 4 is 48.0 Å². The Hall–Kier alpha value is -5.94. The van der Waals surface area contributed by atoms with Crippen LogP contribution in [-0.4, -0.2) is 93.8 Å². The number of carboxylic acid groups (broad SMARTS) is 3. The quantitative estimate of drug-likeness (QED) is 0.0413. The number of ether oxygens (including phenoxy) is 1. The lowest BCUT2D eigenvalue weighted by Crippen LogP contribution is -2.49. The standard InChI is InChI=1S/C35H44N4O14/c1-4-6-7-8-21(24(5-2)39(19-40)53-34(50)35(3)13-14-35)30(45)36-18-37-32(47)26-12-11-25(52-26)20-9-10-22(27(15-20)51-17-29(43)44)31(46)38-23(33(48)49)16-28(41)42/h9-12,15,19,21,23-24H,4-8,13-14,16-18H2,1-3H3,(H,36,45)(H,37,47)(H,38,46)(H,41,42)(H,43,44)(H,48,49)/t21-,23+,24-/m1/s1. The van der Waals surface area contributed by atoms with Crippen molar-refractivity contribution in [3.63, 3.8) is 0 Å². The van der Waals surface area contributed by atoms with Crippen molar-refractivity contribution < 1.29 is 67.7 Å². The summed E-state index contributed by atoms with van der Waals surface area (Å²) in [4.78, 5) is 103. The number of carbonyl (C=O) groups is 8. The van der Waals surface area contributed by atoms with Crippen LogP contribution in [-0.2, 0) is 33.6 Å². The first-order valence-electron chi connectivity index (χ1n) is 17.0. The van der Waals surface area contributed by atoms with Crippen LogP contribution in [0.3, 0.4) is 0 Å². The average molecular weight is 745 g/mol. The number of nitrogens with zero attached hydrogens (tertiary/aromatic N) is 1. The summed E-state index contributed by atoms with van der Waals surface area (Å²) in [7, 11) is 0. The molecular weight excluding hydrogens is 700 g/mol. The van der Waals surface area contributed by atoms with Gasteiger partial charge in [-0.05, 0) is 56.9 Å². The lowest BCUT2D eigenvalue weighted by molar-refractivity contribution is -0.208. The van der Waals surface area contributed by atoms with Crippen LogP contribution >= 0.6 is 0 Å². The largest absolute Gasteiger partial charge is 0.481 e. The molecular formula is C35H44N4O14. The second-order valence-corrected chi connectivity index (χ2v) is 12.7. The maximum absolute atomic E-state index is 13.4. The highest BCUT2D eigenvalue weighted by Crippen LogP contribution is 2.46. The molecule has 1 fully saturated rings. The summed E-state index contributed by atoms with van der Waals surface area (Å²) in [5.41, 5.74) is -0.715. The van der Waals surface area contributed by atoms with Crippen LogP contribution in [0.5, 0.6) is 5.75 Å². The molecule has 18 heteroatoms. The molecule has 0 unspecified atom stereocenters. The van der Waals surface area contributed by atoms with E-state index in [1.807, 2.05) is 6.92 Å². The Labute approximate surface area is 304 Å². The normalized spacial score (nSPS) is 14.4. The van der Waals surface area contributed by atoms with Gasteiger partial charge in [0.2, 0.25) is 12.3 Å². The van der Waals surface area contributed by atoms with Crippen LogP contribution in [0.1, 0.15) is 93.1 Å². The molecule has 18 nitrogen and oxygen atoms in total. The van der Waals surface area contributed by atoms with Crippen molar-refractivity contribution in [1.82, 2.24) is 21.0 Å². The van der Waals surface area contributed by atoms with E-state index in [9.17, 15) is 43.5 Å². The molecule has 1 aromatic carbocycles. The van der Waals surface area contributed by atoms with Gasteiger partial charge in [-0.25, -0.2) is 14.4 Å². The predicted octanol–water partition coefficient (Wildman–Crippen LogP) is 2.56. The third-order valence-corrected chi connectivity index (χ3v) is 8.64. The van der Waals surface area contributed by atoms with Crippen molar-refractivity contribution in [2.75, 3.05) is 13.3 Å². The molecule has 1 aliphatic rings. The number of aliphatic carboxylic acids is 3. The first-order valence-corrected chi connectivity index (χ1v) is 17.0. The zero-order chi connectivity index (χ0) is 39.3. The van der Waals surface area contributed by atoms with Gasteiger partial charge in [-0.1, -0.05) is 39.2 Å². The number of unbranched alkanes of at least 4 members (excludes halogenated alkanes) is 2. The van der Waals surface area contributed by atoms with Crippen LogP contribution in [0.2, 0.25) is 0 Å². The fourth-order valence-corrected chi connectivity index (χ4v) is 5.30. The van der Waals surface area contributed by atoms with Gasteiger partial charge in [-0.3, -0.25) is 24.0 Å². The summed E-state index contributed by atoms with van der Waals surface area (Å²) in [6, 6.07) is 3.95. The van der Waals surface area contributed by atoms with Crippen LogP contribution in [0.25, 0.3) is 11.3 Å². The lowest BCUT2D eigenvalue weighted by Gasteiger charge is -2.32. The van der Waals surface area contributed by atoms with Gasteiger partial charge in [0.1, 0.15) is 17.6 Å². The Balaban J connectivity index is 1.71. The van der Waals surface area contributed by atoms with Crippen LogP contribution in [0.15, 0.2) is 34.7 Å². The van der Waals surface area contributed by atoms with Gasteiger partial charge >= 0.3 is 23.9 Å². The summed E-state index contributed by atoms with van der Waals surface area (Å²) in [6.45, 7) is 4.32. The number of rotatable bonds is 23. The number of hydrogen-bond acceptors (Lipinski definition) is 11. The van der Waals surface area contributed by atoms with Crippen molar-refractivity contribution in [3.05, 3.63) is 41.7 Å². The molecule has 3 atom stereocenters. The monoisotopic (exact) mass is 744 g/mol. The zero-order valence-electron chi connectivity index (χ0n) is 29.5. The number of benzene rings is 1. The highest BCUT2D eigenvalue weighted by Gasteiger charge is 2.48.